The van der Waals surface area contributed by atoms with E-state index in [0.717, 1.165) is 5.82 Å². The summed E-state index contributed by atoms with van der Waals surface area (Å²) >= 11 is 0. The third kappa shape index (κ3) is 3.17. The number of hydrogen-bond acceptors (Lipinski definition) is 1. The molecule has 0 spiro atoms. The molecule has 1 atom stereocenters. The van der Waals surface area contributed by atoms with Gasteiger partial charge in [-0.3, -0.25) is 0 Å². The third-order valence-corrected chi connectivity index (χ3v) is 2.69. The minimum absolute atomic E-state index is 0.671. The van der Waals surface area contributed by atoms with E-state index >= 15 is 0 Å². The zero-order valence-electron chi connectivity index (χ0n) is 9.64. The van der Waals surface area contributed by atoms with E-state index in [4.69, 9.17) is 0 Å². The smallest absolute Gasteiger partial charge is 0.103 e. The maximum Gasteiger partial charge on any atom is 0.103 e. The second-order valence-corrected chi connectivity index (χ2v) is 4.04. The number of H-pyrrole nitrogens is 1. The summed E-state index contributed by atoms with van der Waals surface area (Å²) in [5.74, 6) is 1.71. The van der Waals surface area contributed by atoms with Crippen molar-refractivity contribution >= 4 is 0 Å². The fraction of sp³-hybridized carbons (Fsp3) is 0.750. The van der Waals surface area contributed by atoms with Crippen molar-refractivity contribution in [1.82, 2.24) is 9.97 Å². The summed E-state index contributed by atoms with van der Waals surface area (Å²) in [6.45, 7) is 6.52. The molecule has 0 aliphatic rings. The minimum atomic E-state index is 0.671. The molecule has 2 nitrogen and oxygen atoms in total. The molecular weight excluding hydrogens is 172 g/mol. The van der Waals surface area contributed by atoms with E-state index in [0.29, 0.717) is 5.92 Å². The summed E-state index contributed by atoms with van der Waals surface area (Å²) in [6.07, 6.45) is 8.48. The number of aromatic amines is 1. The molecule has 2 heteroatoms. The van der Waals surface area contributed by atoms with Crippen LogP contribution in [0.15, 0.2) is 6.20 Å². The first kappa shape index (κ1) is 11.3. The van der Waals surface area contributed by atoms with E-state index in [2.05, 4.69) is 30.0 Å². The first-order chi connectivity index (χ1) is 6.77. The van der Waals surface area contributed by atoms with Crippen LogP contribution in [0.3, 0.4) is 0 Å². The topological polar surface area (TPSA) is 28.7 Å². The fourth-order valence-electron chi connectivity index (χ4n) is 1.88. The standard InChI is InChI=1S/C12H22N2/c1-4-6-8-11(7-5-2)12-9-13-10(3)14-12/h9,11H,4-8H2,1-3H3,(H,13,14). The molecule has 0 saturated heterocycles. The molecule has 0 radical (unpaired) electrons. The van der Waals surface area contributed by atoms with Gasteiger partial charge >= 0.3 is 0 Å². The first-order valence-corrected chi connectivity index (χ1v) is 5.79. The minimum Gasteiger partial charge on any atom is -0.349 e. The number of nitrogens with zero attached hydrogens (tertiary/aromatic N) is 1. The average Bonchev–Trinajstić information content (AvgIpc) is 2.59. The van der Waals surface area contributed by atoms with Crippen LogP contribution in [-0.4, -0.2) is 9.97 Å². The van der Waals surface area contributed by atoms with Crippen molar-refractivity contribution in [2.45, 2.75) is 58.8 Å². The zero-order chi connectivity index (χ0) is 10.4. The molecule has 0 aliphatic carbocycles. The molecular formula is C12H22N2. The highest BCUT2D eigenvalue weighted by Crippen LogP contribution is 2.25. The Kier molecular flexibility index (Phi) is 4.71. The highest BCUT2D eigenvalue weighted by molar-refractivity contribution is 5.06. The predicted octanol–water partition coefficient (Wildman–Crippen LogP) is 3.79. The number of nitrogens with one attached hydrogen (secondary N) is 1. The molecule has 1 unspecified atom stereocenters. The van der Waals surface area contributed by atoms with Gasteiger partial charge in [-0.1, -0.05) is 33.1 Å². The second-order valence-electron chi connectivity index (χ2n) is 4.04. The Labute approximate surface area is 87.1 Å². The summed E-state index contributed by atoms with van der Waals surface area (Å²) in [5.41, 5.74) is 1.26. The molecule has 0 amide bonds. The maximum atomic E-state index is 4.53. The molecule has 14 heavy (non-hydrogen) atoms. The van der Waals surface area contributed by atoms with Crippen molar-refractivity contribution in [3.8, 4) is 0 Å². The Balaban J connectivity index is 2.57. The molecule has 0 bridgehead atoms. The van der Waals surface area contributed by atoms with Crippen molar-refractivity contribution in [3.63, 3.8) is 0 Å². The van der Waals surface area contributed by atoms with E-state index < -0.39 is 0 Å². The quantitative estimate of drug-likeness (QED) is 0.733. The van der Waals surface area contributed by atoms with Gasteiger partial charge in [0.25, 0.3) is 0 Å². The molecule has 1 aromatic rings. The van der Waals surface area contributed by atoms with Crippen LogP contribution in [-0.2, 0) is 0 Å². The van der Waals surface area contributed by atoms with E-state index in [1.807, 2.05) is 6.92 Å². The average molecular weight is 194 g/mol. The van der Waals surface area contributed by atoms with Crippen molar-refractivity contribution in [2.75, 3.05) is 0 Å². The van der Waals surface area contributed by atoms with Gasteiger partial charge in [-0.05, 0) is 19.8 Å². The molecule has 1 rings (SSSR count). The normalized spacial score (nSPS) is 13.1. The Bertz CT molecular complexity index is 253. The van der Waals surface area contributed by atoms with Crippen LogP contribution >= 0.6 is 0 Å². The van der Waals surface area contributed by atoms with Crippen LogP contribution in [0.1, 0.15) is 63.4 Å². The van der Waals surface area contributed by atoms with Crippen molar-refractivity contribution < 1.29 is 0 Å². The highest BCUT2D eigenvalue weighted by atomic mass is 14.9. The van der Waals surface area contributed by atoms with Crippen molar-refractivity contribution in [3.05, 3.63) is 17.7 Å². The van der Waals surface area contributed by atoms with Crippen LogP contribution < -0.4 is 0 Å². The first-order valence-electron chi connectivity index (χ1n) is 5.79. The van der Waals surface area contributed by atoms with Crippen LogP contribution in [0.25, 0.3) is 0 Å². The molecule has 1 heterocycles. The lowest BCUT2D eigenvalue weighted by atomic mass is 9.94. The number of unbranched alkanes of at least 4 members (excludes halogenated alkanes) is 1. The summed E-state index contributed by atoms with van der Waals surface area (Å²) in [5, 5.41) is 0. The largest absolute Gasteiger partial charge is 0.349 e. The molecule has 0 aromatic carbocycles. The van der Waals surface area contributed by atoms with Crippen LogP contribution in [0, 0.1) is 6.92 Å². The molecule has 1 N–H and O–H groups in total. The molecule has 80 valence electrons. The molecule has 0 saturated carbocycles. The predicted molar refractivity (Wildman–Crippen MR) is 60.5 cm³/mol. The van der Waals surface area contributed by atoms with Crippen molar-refractivity contribution in [2.24, 2.45) is 0 Å². The highest BCUT2D eigenvalue weighted by Gasteiger charge is 2.12. The fourth-order valence-corrected chi connectivity index (χ4v) is 1.88. The van der Waals surface area contributed by atoms with Crippen molar-refractivity contribution in [1.29, 1.82) is 0 Å². The molecule has 0 fully saturated rings. The van der Waals surface area contributed by atoms with Gasteiger partial charge in [0.05, 0.1) is 5.69 Å². The second kappa shape index (κ2) is 5.84. The number of aromatic nitrogens is 2. The van der Waals surface area contributed by atoms with E-state index in [-0.39, 0.29) is 0 Å². The Morgan fingerprint density at radius 2 is 2.07 bits per heavy atom. The summed E-state index contributed by atoms with van der Waals surface area (Å²) in [7, 11) is 0. The van der Waals surface area contributed by atoms with Gasteiger partial charge in [-0.2, -0.15) is 0 Å². The number of hydrogen-bond donors (Lipinski definition) is 1. The summed E-state index contributed by atoms with van der Waals surface area (Å²) in [4.78, 5) is 7.70. The van der Waals surface area contributed by atoms with Gasteiger partial charge in [0, 0.05) is 12.1 Å². The van der Waals surface area contributed by atoms with Gasteiger partial charge in [0.15, 0.2) is 0 Å². The van der Waals surface area contributed by atoms with E-state index in [1.165, 1.54) is 37.8 Å². The molecule has 1 aromatic heterocycles. The van der Waals surface area contributed by atoms with E-state index in [9.17, 15) is 0 Å². The third-order valence-electron chi connectivity index (χ3n) is 2.69. The lowest BCUT2D eigenvalue weighted by Gasteiger charge is -2.12. The Morgan fingerprint density at radius 1 is 1.29 bits per heavy atom. The Morgan fingerprint density at radius 3 is 2.57 bits per heavy atom. The van der Waals surface area contributed by atoms with Gasteiger partial charge in [0.2, 0.25) is 0 Å². The summed E-state index contributed by atoms with van der Waals surface area (Å²) < 4.78 is 0. The van der Waals surface area contributed by atoms with Crippen LogP contribution in [0.4, 0.5) is 0 Å². The Hall–Kier alpha value is -0.790. The summed E-state index contributed by atoms with van der Waals surface area (Å²) in [6, 6.07) is 0. The number of imidazole rings is 1. The number of aryl methyl sites for hydroxylation is 1. The van der Waals surface area contributed by atoms with Crippen LogP contribution in [0.2, 0.25) is 0 Å². The number of rotatable bonds is 6. The zero-order valence-corrected chi connectivity index (χ0v) is 9.64. The SMILES string of the molecule is CCCCC(CCC)c1c[nH]c(C)n1. The lowest BCUT2D eigenvalue weighted by Crippen LogP contribution is -1.99. The van der Waals surface area contributed by atoms with Crippen LogP contribution in [0.5, 0.6) is 0 Å². The van der Waals surface area contributed by atoms with Gasteiger partial charge in [0.1, 0.15) is 5.82 Å². The lowest BCUT2D eigenvalue weighted by molar-refractivity contribution is 0.531. The molecule has 0 aliphatic heterocycles. The van der Waals surface area contributed by atoms with Gasteiger partial charge < -0.3 is 4.98 Å². The monoisotopic (exact) mass is 194 g/mol. The van der Waals surface area contributed by atoms with Gasteiger partial charge in [-0.25, -0.2) is 4.98 Å². The maximum absolute atomic E-state index is 4.53. The van der Waals surface area contributed by atoms with E-state index in [1.54, 1.807) is 0 Å². The van der Waals surface area contributed by atoms with Gasteiger partial charge in [-0.15, -0.1) is 0 Å².